The number of para-hydroxylation sites is 1. The van der Waals surface area contributed by atoms with E-state index in [1.165, 1.54) is 64.4 Å². The number of aromatic nitrogens is 6. The van der Waals surface area contributed by atoms with E-state index >= 15 is 0 Å². The molecule has 0 N–H and O–H groups in total. The third kappa shape index (κ3) is 19.5. The van der Waals surface area contributed by atoms with Crippen molar-refractivity contribution in [3.8, 4) is 18.0 Å². The Morgan fingerprint density at radius 1 is 0.496 bits per heavy atom. The molecule has 7 atom stereocenters. The van der Waals surface area contributed by atoms with Crippen LogP contribution < -0.4 is 43.6 Å². The molecule has 31 heteroatoms. The molecule has 664 valence electrons. The van der Waals surface area contributed by atoms with Gasteiger partial charge in [0.05, 0.1) is 43.3 Å². The number of likely N-dealkylation sites (tertiary alicyclic amines) is 2. The largest absolute Gasteiger partial charge is 0.462 e. The number of amides is 3. The van der Waals surface area contributed by atoms with Gasteiger partial charge in [0.2, 0.25) is 37.4 Å². The lowest BCUT2D eigenvalue weighted by atomic mass is 10.0. The minimum atomic E-state index is -2.57. The van der Waals surface area contributed by atoms with E-state index in [2.05, 4.69) is 168 Å². The lowest BCUT2D eigenvalue weighted by Crippen LogP contribution is -2.56. The quantitative estimate of drug-likeness (QED) is 0.0455. The average Bonchev–Trinajstić information content (AvgIpc) is 1.64. The second-order valence-electron chi connectivity index (χ2n) is 35.1. The maximum Gasteiger partial charge on any atom is 0.318 e. The summed E-state index contributed by atoms with van der Waals surface area (Å²) in [4.78, 5) is 103. The maximum atomic E-state index is 14.7. The van der Waals surface area contributed by atoms with E-state index in [4.69, 9.17) is 68.6 Å². The first-order valence-corrected chi connectivity index (χ1v) is 44.2. The molecule has 1 saturated carbocycles. The summed E-state index contributed by atoms with van der Waals surface area (Å²) in [6, 6.07) is 36.6. The van der Waals surface area contributed by atoms with Crippen molar-refractivity contribution in [3.63, 3.8) is 0 Å². The lowest BCUT2D eigenvalue weighted by molar-refractivity contribution is -0.129. The van der Waals surface area contributed by atoms with E-state index in [1.807, 2.05) is 16.8 Å². The van der Waals surface area contributed by atoms with Crippen LogP contribution in [-0.4, -0.2) is 290 Å². The van der Waals surface area contributed by atoms with E-state index in [0.29, 0.717) is 136 Å². The van der Waals surface area contributed by atoms with Gasteiger partial charge in [-0.1, -0.05) is 111 Å². The Labute approximate surface area is 741 Å². The lowest BCUT2D eigenvalue weighted by Gasteiger charge is -2.41. The van der Waals surface area contributed by atoms with Crippen molar-refractivity contribution in [2.24, 2.45) is 0 Å². The van der Waals surface area contributed by atoms with Crippen LogP contribution in [0, 0.1) is 19.7 Å². The Hall–Kier alpha value is -12.2. The number of anilines is 6. The van der Waals surface area contributed by atoms with Gasteiger partial charge in [0.15, 0.2) is 0 Å². The van der Waals surface area contributed by atoms with Crippen LogP contribution in [0.2, 0.25) is 0 Å². The molecule has 5 aromatic carbocycles. The number of halogens is 3. The fourth-order valence-corrected chi connectivity index (χ4v) is 19.8. The molecule has 3 aromatic heterocycles. The normalized spacial score (nSPS) is 22.8. The number of piperazine rings is 3. The molecule has 18 rings (SSSR count). The molecular weight excluding hydrogens is 1620 g/mol. The van der Waals surface area contributed by atoms with Crippen molar-refractivity contribution >= 4 is 73.8 Å². The number of ether oxygens (including phenoxy) is 4. The summed E-state index contributed by atoms with van der Waals surface area (Å²) >= 11 is 0. The molecule has 0 bridgehead atoms. The molecule has 9 aliphatic heterocycles. The van der Waals surface area contributed by atoms with Crippen molar-refractivity contribution in [2.45, 2.75) is 132 Å². The number of fused-ring (bicyclic) bond motifs is 5. The number of benzene rings is 5. The number of likely N-dealkylation sites (N-methyl/N-ethyl adjacent to an activating group) is 3. The fraction of sp³-hybridized carbons (Fsp3) is 0.479. The van der Waals surface area contributed by atoms with Crippen molar-refractivity contribution in [3.05, 3.63) is 221 Å². The zero-order chi connectivity index (χ0) is 88.6. The standard InChI is InChI=1S/C34H39N7O3.C33H38FN7O2.C29H35F2N7O2/c1-4-31(42)41-17-16-40(19-25(41)18-35-2)32-28-12-15-39(30-11-7-9-24-8-5-6-10-27(24)30)21-29(28)36-33(37-32)43-22-26-20-38(3)34(13-14-34)23-44-26;1-5-30(42)41-16-15-40(19-25(41)18-35-3)31-27-13-14-39(29-12-8-10-23-9-6-7-11-26(23)29)20-28(27)36-32(37-31)43-21-24-17-33(2,34)22-38(24)4;1-4-26(39)38-15-14-37(17-21(38)16-32-2)28-22-11-13-36(25-10-6-5-9-23(25)27(30)31)18-24(22)33-29(34-28)40-19-20-8-7-12-35(20)3/h4-11,25-26H,1,12-23H2,3H3;5-12,24-25H,1,13-22H2,2,4H3;4-6,9-10,20-21,27H,1,7-8,11-19H2,3H3/t25-,26-;24-,25-,33?;20-,21?/m000/s1. The van der Waals surface area contributed by atoms with Gasteiger partial charge in [0, 0.05) is 166 Å². The van der Waals surface area contributed by atoms with E-state index in [1.54, 1.807) is 39.8 Å². The molecule has 6 saturated heterocycles. The predicted octanol–water partition coefficient (Wildman–Crippen LogP) is 11.3. The Kier molecular flexibility index (Phi) is 27.1. The van der Waals surface area contributed by atoms with Gasteiger partial charge in [-0.2, -0.15) is 29.9 Å². The zero-order valence-electron chi connectivity index (χ0n) is 73.0. The first-order chi connectivity index (χ1) is 61.6. The third-order valence-corrected chi connectivity index (χ3v) is 26.9. The Bertz CT molecular complexity index is 5510. The molecule has 2 unspecified atom stereocenters. The molecule has 1 spiro atoms. The van der Waals surface area contributed by atoms with E-state index < -0.39 is 12.1 Å². The highest BCUT2D eigenvalue weighted by Crippen LogP contribution is 2.45. The molecular formula is C96H112F3N21O7. The average molecular weight is 1730 g/mol. The van der Waals surface area contributed by atoms with Crippen LogP contribution >= 0.6 is 0 Å². The number of carbonyl (C=O) groups is 3. The van der Waals surface area contributed by atoms with Crippen LogP contribution in [0.3, 0.4) is 0 Å². The van der Waals surface area contributed by atoms with Crippen molar-refractivity contribution in [1.82, 2.24) is 59.3 Å². The first kappa shape index (κ1) is 88.2. The van der Waals surface area contributed by atoms with E-state index in [9.17, 15) is 27.6 Å². The number of nitrogens with zero attached hydrogens (tertiary/aromatic N) is 21. The number of hydrogen-bond donors (Lipinski definition) is 0. The second-order valence-corrected chi connectivity index (χ2v) is 35.1. The number of rotatable bonds is 22. The minimum absolute atomic E-state index is 0.00553. The number of carbonyl (C=O) groups excluding carboxylic acids is 3. The molecule has 3 amide bonds. The van der Waals surface area contributed by atoms with Gasteiger partial charge in [0.1, 0.15) is 67.2 Å². The molecule has 8 aromatic rings. The molecule has 127 heavy (non-hydrogen) atoms. The van der Waals surface area contributed by atoms with E-state index in [-0.39, 0.29) is 96.8 Å². The monoisotopic (exact) mass is 1730 g/mol. The van der Waals surface area contributed by atoms with Gasteiger partial charge in [-0.25, -0.2) is 32.9 Å². The highest BCUT2D eigenvalue weighted by Gasteiger charge is 2.51. The number of hydrogen-bond acceptors (Lipinski definition) is 22. The predicted molar refractivity (Wildman–Crippen MR) is 485 cm³/mol. The maximum absolute atomic E-state index is 14.7. The summed E-state index contributed by atoms with van der Waals surface area (Å²) in [6.45, 7) is 48.1. The first-order valence-electron chi connectivity index (χ1n) is 44.2. The third-order valence-electron chi connectivity index (χ3n) is 26.9. The smallest absolute Gasteiger partial charge is 0.318 e. The minimum Gasteiger partial charge on any atom is -0.462 e. The molecule has 7 fully saturated rings. The van der Waals surface area contributed by atoms with Gasteiger partial charge >= 0.3 is 18.0 Å². The van der Waals surface area contributed by atoms with Crippen LogP contribution in [0.1, 0.15) is 84.8 Å². The molecule has 28 nitrogen and oxygen atoms in total. The zero-order valence-corrected chi connectivity index (χ0v) is 73.0. The van der Waals surface area contributed by atoms with Crippen molar-refractivity contribution < 1.29 is 46.5 Å². The summed E-state index contributed by atoms with van der Waals surface area (Å²) in [5, 5.41) is 4.83. The molecule has 0 radical (unpaired) electrons. The second kappa shape index (κ2) is 38.9. The van der Waals surface area contributed by atoms with E-state index in [0.717, 1.165) is 115 Å². The van der Waals surface area contributed by atoms with Crippen molar-refractivity contribution in [2.75, 3.05) is 195 Å². The topological polar surface area (TPSA) is 217 Å². The van der Waals surface area contributed by atoms with Crippen LogP contribution in [0.25, 0.3) is 36.1 Å². The van der Waals surface area contributed by atoms with Gasteiger partial charge in [-0.15, -0.1) is 0 Å². The number of alkyl halides is 3. The molecule has 1 aliphatic carbocycles. The van der Waals surface area contributed by atoms with Crippen LogP contribution in [0.4, 0.5) is 47.7 Å². The SMILES string of the molecule is [C-]#[N+]CC1CN(c2nc(OC[C@@H]3CCCN3C)nc3c2CCN(c2ccccc2C(F)F)C3)CCN1C(=O)C=C.[C-]#[N+]C[C@H]1CN(c2nc(OC[C@@H]3CC(C)(F)CN3C)nc3c2CCN(c2cccc4ccccc24)C3)CCN1C(=O)C=C.[C-]#[N+]C[C@H]1CN(c2nc(OC[C@@H]3CN(C)C4(CC4)CO3)nc3c2CCN(c2cccc4ccccc24)C3)CCN1C(=O)C=C. The van der Waals surface area contributed by atoms with Gasteiger partial charge in [0.25, 0.3) is 6.43 Å². The highest BCUT2D eigenvalue weighted by atomic mass is 19.3. The summed E-state index contributed by atoms with van der Waals surface area (Å²) in [6.07, 6.45) is 8.39. The van der Waals surface area contributed by atoms with Crippen LogP contribution in [-0.2, 0) is 58.0 Å². The Morgan fingerprint density at radius 3 is 1.31 bits per heavy atom. The summed E-state index contributed by atoms with van der Waals surface area (Å²) < 4.78 is 67.2. The molecule has 10 aliphatic rings. The van der Waals surface area contributed by atoms with Crippen LogP contribution in [0.15, 0.2) is 147 Å². The number of morpholine rings is 1. The summed E-state index contributed by atoms with van der Waals surface area (Å²) in [5.41, 5.74) is 7.60. The molecule has 12 heterocycles. The summed E-state index contributed by atoms with van der Waals surface area (Å²) in [7, 11) is 6.18. The Balaban J connectivity index is 0.000000140. The fourth-order valence-electron chi connectivity index (χ4n) is 19.8. The van der Waals surface area contributed by atoms with Gasteiger partial charge in [-0.05, 0) is 127 Å². The highest BCUT2D eigenvalue weighted by molar-refractivity contribution is 5.96. The van der Waals surface area contributed by atoms with Crippen LogP contribution in [0.5, 0.6) is 18.0 Å². The van der Waals surface area contributed by atoms with Crippen molar-refractivity contribution in [1.29, 1.82) is 0 Å². The summed E-state index contributed by atoms with van der Waals surface area (Å²) in [5.74, 6) is 1.91. The Morgan fingerprint density at radius 2 is 0.906 bits per heavy atom. The van der Waals surface area contributed by atoms with Gasteiger partial charge < -0.3 is 82.5 Å². The van der Waals surface area contributed by atoms with Gasteiger partial charge in [-0.3, -0.25) is 24.2 Å².